The molecule has 0 saturated heterocycles. The van der Waals surface area contributed by atoms with Gasteiger partial charge in [0.25, 0.3) is 5.22 Å². The number of nitrogens with zero attached hydrogens (tertiary/aromatic N) is 3. The van der Waals surface area contributed by atoms with E-state index in [1.807, 2.05) is 12.1 Å². The lowest BCUT2D eigenvalue weighted by atomic mass is 10.3. The van der Waals surface area contributed by atoms with Gasteiger partial charge in [-0.3, -0.25) is 4.98 Å². The average molecular weight is 228 g/mol. The van der Waals surface area contributed by atoms with E-state index in [1.165, 1.54) is 11.8 Å². The molecule has 0 radical (unpaired) electrons. The highest BCUT2D eigenvalue weighted by atomic mass is 35.5. The number of halogens is 1. The minimum atomic E-state index is 0.397. The van der Waals surface area contributed by atoms with E-state index in [0.29, 0.717) is 16.3 Å². The molecule has 0 amide bonds. The Morgan fingerprint density at radius 1 is 1.43 bits per heavy atom. The predicted molar refractivity (Wildman–Crippen MR) is 54.1 cm³/mol. The van der Waals surface area contributed by atoms with Gasteiger partial charge < -0.3 is 4.42 Å². The van der Waals surface area contributed by atoms with Gasteiger partial charge in [-0.2, -0.15) is 0 Å². The number of thioether (sulfide) groups is 1. The summed E-state index contributed by atoms with van der Waals surface area (Å²) >= 11 is 6.81. The van der Waals surface area contributed by atoms with Crippen LogP contribution in [0.4, 0.5) is 0 Å². The third kappa shape index (κ3) is 2.05. The van der Waals surface area contributed by atoms with E-state index in [1.54, 1.807) is 12.4 Å². The van der Waals surface area contributed by atoms with Gasteiger partial charge in [0.1, 0.15) is 0 Å². The zero-order valence-corrected chi connectivity index (χ0v) is 8.63. The Labute approximate surface area is 89.7 Å². The Morgan fingerprint density at radius 3 is 3.07 bits per heavy atom. The van der Waals surface area contributed by atoms with Crippen LogP contribution in [0.3, 0.4) is 0 Å². The number of aromatic nitrogens is 3. The topological polar surface area (TPSA) is 51.8 Å². The summed E-state index contributed by atoms with van der Waals surface area (Å²) in [6.07, 6.45) is 3.36. The maximum atomic E-state index is 5.51. The summed E-state index contributed by atoms with van der Waals surface area (Å²) < 4.78 is 5.33. The third-order valence-corrected chi connectivity index (χ3v) is 2.34. The van der Waals surface area contributed by atoms with Gasteiger partial charge in [0.2, 0.25) is 5.89 Å². The summed E-state index contributed by atoms with van der Waals surface area (Å²) in [4.78, 5) is 3.96. The molecule has 0 atom stereocenters. The molecule has 14 heavy (non-hydrogen) atoms. The number of pyridine rings is 1. The van der Waals surface area contributed by atoms with Gasteiger partial charge in [0.15, 0.2) is 0 Å². The second kappa shape index (κ2) is 4.43. The molecule has 0 bridgehead atoms. The molecule has 0 fully saturated rings. The predicted octanol–water partition coefficient (Wildman–Crippen LogP) is 2.42. The molecule has 0 saturated carbocycles. The monoisotopic (exact) mass is 227 g/mol. The van der Waals surface area contributed by atoms with Crippen molar-refractivity contribution < 1.29 is 4.42 Å². The molecule has 0 unspecified atom stereocenters. The Balaban J connectivity index is 2.25. The van der Waals surface area contributed by atoms with E-state index in [4.69, 9.17) is 16.0 Å². The van der Waals surface area contributed by atoms with Crippen LogP contribution in [0.25, 0.3) is 11.5 Å². The standard InChI is InChI=1S/C8H6ClN3OS/c9-5-14-8-12-11-7(13-8)6-2-1-3-10-4-6/h1-4H,5H2. The van der Waals surface area contributed by atoms with Crippen LogP contribution in [0.5, 0.6) is 0 Å². The van der Waals surface area contributed by atoms with Gasteiger partial charge in [0, 0.05) is 12.4 Å². The highest BCUT2D eigenvalue weighted by Gasteiger charge is 2.07. The zero-order chi connectivity index (χ0) is 9.80. The normalized spacial score (nSPS) is 10.4. The Kier molecular flexibility index (Phi) is 3.00. The van der Waals surface area contributed by atoms with Crippen molar-refractivity contribution in [2.24, 2.45) is 0 Å². The van der Waals surface area contributed by atoms with E-state index in [0.717, 1.165) is 5.56 Å². The van der Waals surface area contributed by atoms with Crippen LogP contribution in [-0.2, 0) is 0 Å². The smallest absolute Gasteiger partial charge is 0.278 e. The summed E-state index contributed by atoms with van der Waals surface area (Å²) in [5.74, 6) is 0.464. The van der Waals surface area contributed by atoms with E-state index < -0.39 is 0 Å². The minimum absolute atomic E-state index is 0.397. The number of rotatable bonds is 3. The molecule has 4 nitrogen and oxygen atoms in total. The van der Waals surface area contributed by atoms with Crippen LogP contribution in [0, 0.1) is 0 Å². The molecular formula is C8H6ClN3OS. The molecule has 0 spiro atoms. The van der Waals surface area contributed by atoms with E-state index in [9.17, 15) is 0 Å². The van der Waals surface area contributed by atoms with Crippen LogP contribution in [0.2, 0.25) is 0 Å². The fraction of sp³-hybridized carbons (Fsp3) is 0.125. The summed E-state index contributed by atoms with van der Waals surface area (Å²) in [5, 5.41) is 8.55. The Morgan fingerprint density at radius 2 is 2.36 bits per heavy atom. The molecule has 2 heterocycles. The van der Waals surface area contributed by atoms with Crippen molar-refractivity contribution in [2.45, 2.75) is 5.22 Å². The first-order valence-electron chi connectivity index (χ1n) is 3.83. The first kappa shape index (κ1) is 9.48. The Bertz CT molecular complexity index is 406. The van der Waals surface area contributed by atoms with Crippen molar-refractivity contribution >= 4 is 23.4 Å². The van der Waals surface area contributed by atoms with Crippen LogP contribution in [0.1, 0.15) is 0 Å². The van der Waals surface area contributed by atoms with Crippen LogP contribution in [0.15, 0.2) is 34.2 Å². The van der Waals surface area contributed by atoms with Crippen molar-refractivity contribution in [1.29, 1.82) is 0 Å². The quantitative estimate of drug-likeness (QED) is 0.595. The Hall–Kier alpha value is -1.07. The number of alkyl halides is 1. The molecule has 6 heteroatoms. The van der Waals surface area contributed by atoms with Gasteiger partial charge in [-0.05, 0) is 23.9 Å². The fourth-order valence-corrected chi connectivity index (χ4v) is 1.53. The van der Waals surface area contributed by atoms with Gasteiger partial charge in [-0.15, -0.1) is 21.8 Å². The lowest BCUT2D eigenvalue weighted by Gasteiger charge is -1.90. The SMILES string of the molecule is ClCSc1nnc(-c2cccnc2)o1. The number of hydrogen-bond acceptors (Lipinski definition) is 5. The lowest BCUT2D eigenvalue weighted by Crippen LogP contribution is -1.78. The van der Waals surface area contributed by atoms with Gasteiger partial charge in [0.05, 0.1) is 10.8 Å². The summed E-state index contributed by atoms with van der Waals surface area (Å²) in [6.45, 7) is 0. The molecule has 2 rings (SSSR count). The van der Waals surface area contributed by atoms with Crippen molar-refractivity contribution in [3.8, 4) is 11.5 Å². The van der Waals surface area contributed by atoms with Crippen molar-refractivity contribution in [3.63, 3.8) is 0 Å². The van der Waals surface area contributed by atoms with Crippen molar-refractivity contribution in [1.82, 2.24) is 15.2 Å². The molecule has 0 aliphatic heterocycles. The summed E-state index contributed by atoms with van der Waals surface area (Å²) in [6, 6.07) is 3.67. The molecule has 2 aromatic rings. The molecule has 2 aromatic heterocycles. The van der Waals surface area contributed by atoms with Crippen LogP contribution in [-0.4, -0.2) is 20.4 Å². The van der Waals surface area contributed by atoms with Crippen LogP contribution < -0.4 is 0 Å². The third-order valence-electron chi connectivity index (χ3n) is 1.49. The van der Waals surface area contributed by atoms with E-state index >= 15 is 0 Å². The van der Waals surface area contributed by atoms with E-state index in [2.05, 4.69) is 15.2 Å². The highest BCUT2D eigenvalue weighted by molar-refractivity contribution is 8.00. The molecular weight excluding hydrogens is 222 g/mol. The minimum Gasteiger partial charge on any atom is -0.411 e. The summed E-state index contributed by atoms with van der Waals surface area (Å²) in [5.41, 5.74) is 0.807. The van der Waals surface area contributed by atoms with Crippen molar-refractivity contribution in [3.05, 3.63) is 24.5 Å². The first-order chi connectivity index (χ1) is 6.90. The van der Waals surface area contributed by atoms with Gasteiger partial charge in [-0.1, -0.05) is 0 Å². The lowest BCUT2D eigenvalue weighted by molar-refractivity contribution is 0.466. The molecule has 0 aromatic carbocycles. The zero-order valence-electron chi connectivity index (χ0n) is 7.05. The maximum Gasteiger partial charge on any atom is 0.278 e. The van der Waals surface area contributed by atoms with E-state index in [-0.39, 0.29) is 0 Å². The first-order valence-corrected chi connectivity index (χ1v) is 5.35. The molecule has 0 aliphatic carbocycles. The molecule has 72 valence electrons. The second-order valence-electron chi connectivity index (χ2n) is 2.37. The maximum absolute atomic E-state index is 5.51. The van der Waals surface area contributed by atoms with Gasteiger partial charge in [-0.25, -0.2) is 0 Å². The number of hydrogen-bond donors (Lipinski definition) is 0. The van der Waals surface area contributed by atoms with Crippen LogP contribution >= 0.6 is 23.4 Å². The summed E-state index contributed by atoms with van der Waals surface area (Å²) in [7, 11) is 0. The average Bonchev–Trinajstić information content (AvgIpc) is 2.68. The molecule has 0 N–H and O–H groups in total. The van der Waals surface area contributed by atoms with Gasteiger partial charge >= 0.3 is 0 Å². The largest absolute Gasteiger partial charge is 0.411 e. The highest BCUT2D eigenvalue weighted by Crippen LogP contribution is 2.22. The second-order valence-corrected chi connectivity index (χ2v) is 3.88. The van der Waals surface area contributed by atoms with Crippen molar-refractivity contribution in [2.75, 3.05) is 5.21 Å². The molecule has 0 aliphatic rings. The fourth-order valence-electron chi connectivity index (χ4n) is 0.921.